The Hall–Kier alpha value is -0.630. The number of aryl methyl sites for hydroxylation is 1. The number of hydrogen-bond acceptors (Lipinski definition) is 2. The SMILES string of the molecule is O=C(CCc1cccs1)C1C2CC3CC(C2)CC1C3. The van der Waals surface area contributed by atoms with Crippen LogP contribution < -0.4 is 0 Å². The Morgan fingerprint density at radius 2 is 1.79 bits per heavy atom. The molecule has 0 radical (unpaired) electrons. The lowest BCUT2D eigenvalue weighted by atomic mass is 9.51. The zero-order valence-electron chi connectivity index (χ0n) is 11.4. The molecular weight excluding hydrogens is 252 g/mol. The molecule has 0 aromatic carbocycles. The van der Waals surface area contributed by atoms with Crippen LogP contribution >= 0.6 is 11.3 Å². The molecule has 0 saturated heterocycles. The molecule has 4 bridgehead atoms. The van der Waals surface area contributed by atoms with E-state index in [1.807, 2.05) is 0 Å². The predicted molar refractivity (Wildman–Crippen MR) is 78.2 cm³/mol. The van der Waals surface area contributed by atoms with Gasteiger partial charge in [-0.1, -0.05) is 6.07 Å². The molecule has 4 saturated carbocycles. The van der Waals surface area contributed by atoms with Crippen LogP contribution in [0.25, 0.3) is 0 Å². The lowest BCUT2D eigenvalue weighted by Crippen LogP contribution is -2.48. The number of carbonyl (C=O) groups excluding carboxylic acids is 1. The molecule has 102 valence electrons. The molecule has 4 aliphatic rings. The van der Waals surface area contributed by atoms with E-state index in [-0.39, 0.29) is 0 Å². The molecule has 0 N–H and O–H groups in total. The maximum atomic E-state index is 12.6. The van der Waals surface area contributed by atoms with Gasteiger partial charge in [-0.3, -0.25) is 4.79 Å². The first-order valence-corrected chi connectivity index (χ1v) is 8.72. The third-order valence-electron chi connectivity index (χ3n) is 5.80. The fourth-order valence-electron chi connectivity index (χ4n) is 5.32. The van der Waals surface area contributed by atoms with Crippen molar-refractivity contribution in [3.63, 3.8) is 0 Å². The first-order chi connectivity index (χ1) is 9.29. The Kier molecular flexibility index (Phi) is 3.02. The van der Waals surface area contributed by atoms with Crippen molar-refractivity contribution >= 4 is 17.1 Å². The summed E-state index contributed by atoms with van der Waals surface area (Å²) in [6, 6.07) is 4.25. The molecule has 0 atom stereocenters. The highest BCUT2D eigenvalue weighted by atomic mass is 32.1. The minimum Gasteiger partial charge on any atom is -0.299 e. The smallest absolute Gasteiger partial charge is 0.136 e. The average molecular weight is 274 g/mol. The molecule has 0 amide bonds. The van der Waals surface area contributed by atoms with E-state index in [2.05, 4.69) is 17.5 Å². The minimum atomic E-state index is 0.438. The van der Waals surface area contributed by atoms with Gasteiger partial charge in [-0.05, 0) is 73.6 Å². The quantitative estimate of drug-likeness (QED) is 0.799. The average Bonchev–Trinajstić information content (AvgIpc) is 2.88. The molecular formula is C17H22OS. The van der Waals surface area contributed by atoms with Crippen molar-refractivity contribution in [3.05, 3.63) is 22.4 Å². The summed E-state index contributed by atoms with van der Waals surface area (Å²) in [6.45, 7) is 0. The Labute approximate surface area is 119 Å². The Balaban J connectivity index is 1.43. The van der Waals surface area contributed by atoms with Crippen molar-refractivity contribution in [3.8, 4) is 0 Å². The molecule has 0 spiro atoms. The van der Waals surface area contributed by atoms with Gasteiger partial charge in [0.05, 0.1) is 0 Å². The second-order valence-electron chi connectivity index (χ2n) is 7.00. The van der Waals surface area contributed by atoms with E-state index in [1.165, 1.54) is 37.0 Å². The van der Waals surface area contributed by atoms with Crippen LogP contribution in [0.2, 0.25) is 0 Å². The van der Waals surface area contributed by atoms with Crippen LogP contribution in [0.3, 0.4) is 0 Å². The van der Waals surface area contributed by atoms with Crippen molar-refractivity contribution < 1.29 is 4.79 Å². The summed E-state index contributed by atoms with van der Waals surface area (Å²) < 4.78 is 0. The zero-order chi connectivity index (χ0) is 12.8. The van der Waals surface area contributed by atoms with E-state index in [9.17, 15) is 4.79 Å². The van der Waals surface area contributed by atoms with Crippen LogP contribution in [-0.2, 0) is 11.2 Å². The van der Waals surface area contributed by atoms with Crippen molar-refractivity contribution in [2.75, 3.05) is 0 Å². The molecule has 1 aromatic heterocycles. The molecule has 4 aliphatic carbocycles. The van der Waals surface area contributed by atoms with Crippen LogP contribution in [0.15, 0.2) is 17.5 Å². The number of thiophene rings is 1. The molecule has 1 aromatic rings. The number of carbonyl (C=O) groups is 1. The van der Waals surface area contributed by atoms with E-state index in [4.69, 9.17) is 0 Å². The van der Waals surface area contributed by atoms with Gasteiger partial charge in [0.15, 0.2) is 0 Å². The summed E-state index contributed by atoms with van der Waals surface area (Å²) in [5, 5.41) is 2.11. The van der Waals surface area contributed by atoms with Crippen LogP contribution in [-0.4, -0.2) is 5.78 Å². The van der Waals surface area contributed by atoms with Gasteiger partial charge in [-0.2, -0.15) is 0 Å². The Morgan fingerprint density at radius 1 is 1.11 bits per heavy atom. The van der Waals surface area contributed by atoms with E-state index in [1.54, 1.807) is 11.3 Å². The second-order valence-corrected chi connectivity index (χ2v) is 8.03. The largest absolute Gasteiger partial charge is 0.299 e. The number of Topliss-reactive ketones (excluding diaryl/α,β-unsaturated/α-hetero) is 1. The maximum absolute atomic E-state index is 12.6. The molecule has 0 aliphatic heterocycles. The fourth-order valence-corrected chi connectivity index (χ4v) is 6.03. The van der Waals surface area contributed by atoms with Gasteiger partial charge in [0.25, 0.3) is 0 Å². The molecule has 2 heteroatoms. The van der Waals surface area contributed by atoms with Gasteiger partial charge in [0.2, 0.25) is 0 Å². The van der Waals surface area contributed by atoms with Crippen LogP contribution in [0.5, 0.6) is 0 Å². The number of rotatable bonds is 4. The molecule has 4 fully saturated rings. The normalized spacial score (nSPS) is 39.7. The summed E-state index contributed by atoms with van der Waals surface area (Å²) in [7, 11) is 0. The van der Waals surface area contributed by atoms with Gasteiger partial charge in [-0.25, -0.2) is 0 Å². The maximum Gasteiger partial charge on any atom is 0.136 e. The van der Waals surface area contributed by atoms with Gasteiger partial charge >= 0.3 is 0 Å². The summed E-state index contributed by atoms with van der Waals surface area (Å²) in [6.07, 6.45) is 8.69. The fraction of sp³-hybridized carbons (Fsp3) is 0.706. The van der Waals surface area contributed by atoms with E-state index < -0.39 is 0 Å². The van der Waals surface area contributed by atoms with Crippen molar-refractivity contribution in [1.29, 1.82) is 0 Å². The first-order valence-electron chi connectivity index (χ1n) is 7.84. The minimum absolute atomic E-state index is 0.438. The van der Waals surface area contributed by atoms with E-state index >= 15 is 0 Å². The van der Waals surface area contributed by atoms with Crippen LogP contribution in [0, 0.1) is 29.6 Å². The first kappa shape index (κ1) is 12.1. The predicted octanol–water partition coefficient (Wildman–Crippen LogP) is 4.32. The van der Waals surface area contributed by atoms with Crippen molar-refractivity contribution in [2.24, 2.45) is 29.6 Å². The summed E-state index contributed by atoms with van der Waals surface area (Å²) in [4.78, 5) is 14.0. The molecule has 1 heterocycles. The van der Waals surface area contributed by atoms with Crippen LogP contribution in [0.4, 0.5) is 0 Å². The summed E-state index contributed by atoms with van der Waals surface area (Å²) in [5.41, 5.74) is 0. The van der Waals surface area contributed by atoms with Gasteiger partial charge in [0, 0.05) is 17.2 Å². The van der Waals surface area contributed by atoms with Gasteiger partial charge < -0.3 is 0 Å². The highest BCUT2D eigenvalue weighted by molar-refractivity contribution is 7.09. The van der Waals surface area contributed by atoms with Crippen molar-refractivity contribution in [2.45, 2.75) is 44.9 Å². The monoisotopic (exact) mass is 274 g/mol. The Morgan fingerprint density at radius 3 is 2.37 bits per heavy atom. The van der Waals surface area contributed by atoms with E-state index in [0.29, 0.717) is 11.7 Å². The highest BCUT2D eigenvalue weighted by Gasteiger charge is 2.50. The third kappa shape index (κ3) is 2.18. The third-order valence-corrected chi connectivity index (χ3v) is 6.73. The molecule has 0 unspecified atom stereocenters. The van der Waals surface area contributed by atoms with E-state index in [0.717, 1.165) is 36.5 Å². The summed E-state index contributed by atoms with van der Waals surface area (Å²) in [5.74, 6) is 4.49. The highest BCUT2D eigenvalue weighted by Crippen LogP contribution is 2.56. The lowest BCUT2D eigenvalue weighted by molar-refractivity contribution is -0.135. The molecule has 19 heavy (non-hydrogen) atoms. The Bertz CT molecular complexity index is 434. The standard InChI is InChI=1S/C17H22OS/c18-16(4-3-15-2-1-5-19-15)17-13-7-11-6-12(9-13)10-14(17)8-11/h1-2,5,11-14,17H,3-4,6-10H2. The zero-order valence-corrected chi connectivity index (χ0v) is 12.2. The van der Waals surface area contributed by atoms with Crippen molar-refractivity contribution in [1.82, 2.24) is 0 Å². The molecule has 5 rings (SSSR count). The second kappa shape index (κ2) is 4.73. The summed E-state index contributed by atoms with van der Waals surface area (Å²) >= 11 is 1.79. The lowest BCUT2D eigenvalue weighted by Gasteiger charge is -2.53. The topological polar surface area (TPSA) is 17.1 Å². The number of ketones is 1. The van der Waals surface area contributed by atoms with Crippen LogP contribution in [0.1, 0.15) is 43.4 Å². The van der Waals surface area contributed by atoms with Gasteiger partial charge in [0.1, 0.15) is 5.78 Å². The number of hydrogen-bond donors (Lipinski definition) is 0. The van der Waals surface area contributed by atoms with Gasteiger partial charge in [-0.15, -0.1) is 11.3 Å². The molecule has 1 nitrogen and oxygen atoms in total.